The summed E-state index contributed by atoms with van der Waals surface area (Å²) in [5.41, 5.74) is 4.35. The highest BCUT2D eigenvalue weighted by Crippen LogP contribution is 2.29. The van der Waals surface area contributed by atoms with Gasteiger partial charge in [-0.25, -0.2) is 5.43 Å². The summed E-state index contributed by atoms with van der Waals surface area (Å²) in [6, 6.07) is 21.8. The van der Waals surface area contributed by atoms with E-state index in [1.165, 1.54) is 13.3 Å². The molecule has 33 heavy (non-hydrogen) atoms. The van der Waals surface area contributed by atoms with Gasteiger partial charge in [0, 0.05) is 11.8 Å². The Morgan fingerprint density at radius 1 is 0.909 bits per heavy atom. The average Bonchev–Trinajstić information content (AvgIpc) is 2.84. The van der Waals surface area contributed by atoms with Crippen LogP contribution in [-0.4, -0.2) is 31.7 Å². The number of carbonyl (C=O) groups excluding carboxylic acids is 2. The fourth-order valence-electron chi connectivity index (χ4n) is 2.83. The third kappa shape index (κ3) is 7.10. The maximum atomic E-state index is 12.1. The molecule has 170 valence electrons. The van der Waals surface area contributed by atoms with Gasteiger partial charge in [0.05, 0.1) is 19.9 Å². The number of hydrogen-bond donors (Lipinski definition) is 2. The molecule has 3 aromatic carbocycles. The quantitative estimate of drug-likeness (QED) is 0.296. The predicted octanol–water partition coefficient (Wildman–Crippen LogP) is 3.76. The minimum absolute atomic E-state index is 0.410. The normalized spacial score (nSPS) is 10.5. The summed E-state index contributed by atoms with van der Waals surface area (Å²) in [6.45, 7) is 2.75. The molecule has 2 amide bonds. The van der Waals surface area contributed by atoms with Crippen molar-refractivity contribution < 1.29 is 23.8 Å². The summed E-state index contributed by atoms with van der Waals surface area (Å²) in [5, 5.41) is 6.34. The van der Waals surface area contributed by atoms with Crippen LogP contribution in [0.3, 0.4) is 0 Å². The van der Waals surface area contributed by atoms with Crippen LogP contribution in [0.4, 0.5) is 5.69 Å². The molecule has 0 aliphatic heterocycles. The number of anilines is 1. The predicted molar refractivity (Wildman–Crippen MR) is 126 cm³/mol. The van der Waals surface area contributed by atoms with Crippen molar-refractivity contribution in [1.29, 1.82) is 0 Å². The van der Waals surface area contributed by atoms with Gasteiger partial charge in [0.1, 0.15) is 12.4 Å². The van der Waals surface area contributed by atoms with E-state index in [1.807, 2.05) is 37.3 Å². The molecule has 0 spiro atoms. The van der Waals surface area contributed by atoms with Crippen LogP contribution in [0.5, 0.6) is 17.2 Å². The standard InChI is InChI=1S/C25H25N3O5/c1-3-32-23-14-19(12-13-22(23)33-17-18-8-5-4-6-9-18)16-26-28-25(30)24(29)27-20-10-7-11-21(15-20)31-2/h4-16H,3,17H2,1-2H3,(H,27,29)(H,28,30)/b26-16-. The molecule has 0 bridgehead atoms. The van der Waals surface area contributed by atoms with E-state index in [0.717, 1.165) is 5.56 Å². The minimum Gasteiger partial charge on any atom is -0.497 e. The van der Waals surface area contributed by atoms with Crippen LogP contribution in [0.15, 0.2) is 77.9 Å². The molecule has 8 heteroatoms. The van der Waals surface area contributed by atoms with E-state index in [1.54, 1.807) is 42.5 Å². The Labute approximate surface area is 192 Å². The molecule has 0 atom stereocenters. The smallest absolute Gasteiger partial charge is 0.329 e. The Morgan fingerprint density at radius 3 is 2.48 bits per heavy atom. The molecule has 0 aliphatic rings. The lowest BCUT2D eigenvalue weighted by molar-refractivity contribution is -0.136. The fraction of sp³-hybridized carbons (Fsp3) is 0.160. The average molecular weight is 447 g/mol. The van der Waals surface area contributed by atoms with Crippen LogP contribution in [-0.2, 0) is 16.2 Å². The number of methoxy groups -OCH3 is 1. The van der Waals surface area contributed by atoms with Gasteiger partial charge in [0.2, 0.25) is 0 Å². The van der Waals surface area contributed by atoms with E-state index in [4.69, 9.17) is 14.2 Å². The molecule has 3 aromatic rings. The molecule has 0 radical (unpaired) electrons. The molecule has 0 aromatic heterocycles. The first-order valence-corrected chi connectivity index (χ1v) is 10.3. The second kappa shape index (κ2) is 11.9. The van der Waals surface area contributed by atoms with Crippen LogP contribution < -0.4 is 25.0 Å². The number of hydrazone groups is 1. The zero-order chi connectivity index (χ0) is 23.5. The van der Waals surface area contributed by atoms with E-state index in [0.29, 0.717) is 41.7 Å². The Morgan fingerprint density at radius 2 is 1.73 bits per heavy atom. The Balaban J connectivity index is 1.58. The van der Waals surface area contributed by atoms with Crippen molar-refractivity contribution in [2.75, 3.05) is 19.0 Å². The number of nitrogens with one attached hydrogen (secondary N) is 2. The van der Waals surface area contributed by atoms with E-state index >= 15 is 0 Å². The Kier molecular flexibility index (Phi) is 8.41. The van der Waals surface area contributed by atoms with Gasteiger partial charge in [-0.05, 0) is 48.4 Å². The number of amides is 2. The first kappa shape index (κ1) is 23.3. The molecule has 8 nitrogen and oxygen atoms in total. The number of carbonyl (C=O) groups is 2. The number of ether oxygens (including phenoxy) is 3. The molecule has 0 saturated carbocycles. The molecule has 3 rings (SSSR count). The van der Waals surface area contributed by atoms with Crippen LogP contribution in [0.25, 0.3) is 0 Å². The van der Waals surface area contributed by atoms with E-state index in [2.05, 4.69) is 15.8 Å². The summed E-state index contributed by atoms with van der Waals surface area (Å²) in [6.07, 6.45) is 1.42. The zero-order valence-corrected chi connectivity index (χ0v) is 18.4. The van der Waals surface area contributed by atoms with Crippen molar-refractivity contribution in [3.8, 4) is 17.2 Å². The van der Waals surface area contributed by atoms with Crippen LogP contribution in [0.1, 0.15) is 18.1 Å². The molecule has 0 saturated heterocycles. The molecular formula is C25H25N3O5. The topological polar surface area (TPSA) is 98.2 Å². The van der Waals surface area contributed by atoms with Crippen molar-refractivity contribution in [3.05, 3.63) is 83.9 Å². The largest absolute Gasteiger partial charge is 0.497 e. The number of benzene rings is 3. The van der Waals surface area contributed by atoms with Gasteiger partial charge in [-0.1, -0.05) is 36.4 Å². The van der Waals surface area contributed by atoms with E-state index < -0.39 is 11.8 Å². The lowest BCUT2D eigenvalue weighted by atomic mass is 10.2. The highest BCUT2D eigenvalue weighted by atomic mass is 16.5. The van der Waals surface area contributed by atoms with Gasteiger partial charge in [0.15, 0.2) is 11.5 Å². The fourth-order valence-corrected chi connectivity index (χ4v) is 2.83. The molecule has 0 fully saturated rings. The second-order valence-electron chi connectivity index (χ2n) is 6.80. The lowest BCUT2D eigenvalue weighted by Crippen LogP contribution is -2.32. The summed E-state index contributed by atoms with van der Waals surface area (Å²) >= 11 is 0. The summed E-state index contributed by atoms with van der Waals surface area (Å²) < 4.78 is 16.6. The summed E-state index contributed by atoms with van der Waals surface area (Å²) in [4.78, 5) is 24.1. The number of nitrogens with zero attached hydrogens (tertiary/aromatic N) is 1. The molecule has 0 unspecified atom stereocenters. The van der Waals surface area contributed by atoms with Crippen molar-refractivity contribution in [2.24, 2.45) is 5.10 Å². The van der Waals surface area contributed by atoms with Gasteiger partial charge >= 0.3 is 11.8 Å². The highest BCUT2D eigenvalue weighted by molar-refractivity contribution is 6.39. The van der Waals surface area contributed by atoms with Gasteiger partial charge in [-0.15, -0.1) is 0 Å². The van der Waals surface area contributed by atoms with Crippen molar-refractivity contribution >= 4 is 23.7 Å². The van der Waals surface area contributed by atoms with Crippen molar-refractivity contribution in [3.63, 3.8) is 0 Å². The van der Waals surface area contributed by atoms with Crippen LogP contribution >= 0.6 is 0 Å². The van der Waals surface area contributed by atoms with E-state index in [9.17, 15) is 9.59 Å². The van der Waals surface area contributed by atoms with Crippen molar-refractivity contribution in [2.45, 2.75) is 13.5 Å². The zero-order valence-electron chi connectivity index (χ0n) is 18.4. The molecular weight excluding hydrogens is 422 g/mol. The Bertz CT molecular complexity index is 1120. The molecule has 2 N–H and O–H groups in total. The van der Waals surface area contributed by atoms with E-state index in [-0.39, 0.29) is 0 Å². The van der Waals surface area contributed by atoms with Crippen LogP contribution in [0, 0.1) is 0 Å². The van der Waals surface area contributed by atoms with Gasteiger partial charge in [0.25, 0.3) is 0 Å². The summed E-state index contributed by atoms with van der Waals surface area (Å²) in [7, 11) is 1.52. The maximum absolute atomic E-state index is 12.1. The van der Waals surface area contributed by atoms with Gasteiger partial charge < -0.3 is 19.5 Å². The minimum atomic E-state index is -0.901. The highest BCUT2D eigenvalue weighted by Gasteiger charge is 2.13. The molecule has 0 aliphatic carbocycles. The number of rotatable bonds is 9. The third-order valence-electron chi connectivity index (χ3n) is 4.42. The SMILES string of the molecule is CCOc1cc(/C=N\NC(=O)C(=O)Nc2cccc(OC)c2)ccc1OCc1ccccc1. The third-order valence-corrected chi connectivity index (χ3v) is 4.42. The van der Waals surface area contributed by atoms with Gasteiger partial charge in [-0.2, -0.15) is 5.10 Å². The van der Waals surface area contributed by atoms with Crippen LogP contribution in [0.2, 0.25) is 0 Å². The van der Waals surface area contributed by atoms with Crippen molar-refractivity contribution in [1.82, 2.24) is 5.43 Å². The first-order valence-electron chi connectivity index (χ1n) is 10.3. The first-order chi connectivity index (χ1) is 16.1. The Hall–Kier alpha value is -4.33. The lowest BCUT2D eigenvalue weighted by Gasteiger charge is -2.12. The maximum Gasteiger partial charge on any atom is 0.329 e. The monoisotopic (exact) mass is 447 g/mol. The number of hydrogen-bond acceptors (Lipinski definition) is 6. The van der Waals surface area contributed by atoms with Gasteiger partial charge in [-0.3, -0.25) is 9.59 Å². The summed E-state index contributed by atoms with van der Waals surface area (Å²) in [5.74, 6) is -0.0338. The second-order valence-corrected chi connectivity index (χ2v) is 6.80. The molecule has 0 heterocycles.